The van der Waals surface area contributed by atoms with Gasteiger partial charge in [0.05, 0.1) is 5.69 Å². The van der Waals surface area contributed by atoms with Crippen molar-refractivity contribution in [3.05, 3.63) is 41.2 Å². The molecule has 2 rings (SSSR count). The van der Waals surface area contributed by atoms with Crippen LogP contribution in [0.25, 0.3) is 0 Å². The topological polar surface area (TPSA) is 22.1 Å². The van der Waals surface area contributed by atoms with E-state index in [1.807, 2.05) is 12.3 Å². The molecule has 0 aliphatic heterocycles. The number of halogens is 1. The van der Waals surface area contributed by atoms with Gasteiger partial charge < -0.3 is 4.74 Å². The highest BCUT2D eigenvalue weighted by molar-refractivity contribution is 7.11. The fraction of sp³-hybridized carbons (Fsp3) is 0.100. The van der Waals surface area contributed by atoms with Gasteiger partial charge in [-0.15, -0.1) is 0 Å². The van der Waals surface area contributed by atoms with Crippen molar-refractivity contribution in [1.82, 2.24) is 4.98 Å². The summed E-state index contributed by atoms with van der Waals surface area (Å²) in [6.07, 6.45) is 0. The molecule has 0 saturated carbocycles. The maximum atomic E-state index is 13.1. The average Bonchev–Trinajstić information content (AvgIpc) is 2.56. The van der Waals surface area contributed by atoms with E-state index in [-0.39, 0.29) is 11.6 Å². The first-order valence-corrected chi connectivity index (χ1v) is 4.98. The summed E-state index contributed by atoms with van der Waals surface area (Å²) in [4.78, 5) is 4.08. The molecule has 0 amide bonds. The lowest BCUT2D eigenvalue weighted by molar-refractivity contribution is 0.439. The van der Waals surface area contributed by atoms with Crippen LogP contribution in [-0.4, -0.2) is 4.98 Å². The van der Waals surface area contributed by atoms with Crippen LogP contribution in [0.15, 0.2) is 29.6 Å². The zero-order chi connectivity index (χ0) is 9.97. The van der Waals surface area contributed by atoms with Crippen LogP contribution in [0.1, 0.15) is 5.69 Å². The number of thiazole rings is 1. The van der Waals surface area contributed by atoms with Crippen molar-refractivity contribution in [3.63, 3.8) is 0 Å². The summed E-state index contributed by atoms with van der Waals surface area (Å²) in [5.74, 6) is -0.165. The average molecular weight is 209 g/mol. The van der Waals surface area contributed by atoms with Crippen LogP contribution in [0, 0.1) is 12.7 Å². The van der Waals surface area contributed by atoms with Crippen LogP contribution in [0.3, 0.4) is 0 Å². The molecule has 1 heterocycles. The molecule has 1 aromatic heterocycles. The first-order chi connectivity index (χ1) is 6.75. The second kappa shape index (κ2) is 3.75. The SMILES string of the molecule is Cc1csc(Oc2ccccc2F)n1. The molecule has 0 radical (unpaired) electrons. The third-order valence-corrected chi connectivity index (χ3v) is 2.47. The van der Waals surface area contributed by atoms with Gasteiger partial charge >= 0.3 is 0 Å². The van der Waals surface area contributed by atoms with Crippen LogP contribution < -0.4 is 4.74 Å². The molecule has 0 bridgehead atoms. The molecule has 0 aliphatic carbocycles. The molecular weight excluding hydrogens is 201 g/mol. The van der Waals surface area contributed by atoms with E-state index in [0.717, 1.165) is 5.69 Å². The van der Waals surface area contributed by atoms with E-state index < -0.39 is 0 Å². The highest BCUT2D eigenvalue weighted by atomic mass is 32.1. The Morgan fingerprint density at radius 1 is 1.36 bits per heavy atom. The van der Waals surface area contributed by atoms with Gasteiger partial charge in [0.15, 0.2) is 11.6 Å². The van der Waals surface area contributed by atoms with Crippen molar-refractivity contribution in [2.24, 2.45) is 0 Å². The minimum Gasteiger partial charge on any atom is -0.428 e. The predicted molar refractivity (Wildman–Crippen MR) is 53.3 cm³/mol. The van der Waals surface area contributed by atoms with Crippen molar-refractivity contribution < 1.29 is 9.13 Å². The number of ether oxygens (including phenoxy) is 1. The highest BCUT2D eigenvalue weighted by Gasteiger charge is 2.05. The Bertz CT molecular complexity index is 441. The number of rotatable bonds is 2. The van der Waals surface area contributed by atoms with Crippen molar-refractivity contribution in [1.29, 1.82) is 0 Å². The molecule has 0 aliphatic rings. The van der Waals surface area contributed by atoms with Gasteiger partial charge in [0, 0.05) is 5.38 Å². The second-order valence-electron chi connectivity index (χ2n) is 2.79. The van der Waals surface area contributed by atoms with E-state index in [1.165, 1.54) is 17.4 Å². The molecule has 2 nitrogen and oxygen atoms in total. The van der Waals surface area contributed by atoms with E-state index in [2.05, 4.69) is 4.98 Å². The minimum atomic E-state index is -0.375. The third kappa shape index (κ3) is 1.90. The normalized spacial score (nSPS) is 10.1. The lowest BCUT2D eigenvalue weighted by Gasteiger charge is -2.01. The molecule has 14 heavy (non-hydrogen) atoms. The molecular formula is C10H8FNOS. The van der Waals surface area contributed by atoms with E-state index in [4.69, 9.17) is 4.74 Å². The van der Waals surface area contributed by atoms with Crippen LogP contribution in [0.4, 0.5) is 4.39 Å². The number of nitrogens with zero attached hydrogens (tertiary/aromatic N) is 1. The summed E-state index contributed by atoms with van der Waals surface area (Å²) in [7, 11) is 0. The van der Waals surface area contributed by atoms with Crippen LogP contribution in [0.5, 0.6) is 10.9 Å². The number of para-hydroxylation sites is 1. The monoisotopic (exact) mass is 209 g/mol. The molecule has 0 spiro atoms. The smallest absolute Gasteiger partial charge is 0.278 e. The number of benzene rings is 1. The summed E-state index contributed by atoms with van der Waals surface area (Å²) in [6, 6.07) is 6.27. The summed E-state index contributed by atoms with van der Waals surface area (Å²) < 4.78 is 18.4. The number of hydrogen-bond donors (Lipinski definition) is 0. The maximum Gasteiger partial charge on any atom is 0.278 e. The van der Waals surface area contributed by atoms with E-state index in [9.17, 15) is 4.39 Å². The zero-order valence-electron chi connectivity index (χ0n) is 7.53. The Balaban J connectivity index is 2.23. The van der Waals surface area contributed by atoms with Crippen LogP contribution in [-0.2, 0) is 0 Å². The van der Waals surface area contributed by atoms with Gasteiger partial charge in [0.25, 0.3) is 5.19 Å². The molecule has 0 N–H and O–H groups in total. The Kier molecular flexibility index (Phi) is 2.45. The fourth-order valence-electron chi connectivity index (χ4n) is 1.00. The zero-order valence-corrected chi connectivity index (χ0v) is 8.34. The predicted octanol–water partition coefficient (Wildman–Crippen LogP) is 3.38. The van der Waals surface area contributed by atoms with Crippen LogP contribution >= 0.6 is 11.3 Å². The minimum absolute atomic E-state index is 0.210. The molecule has 2 aromatic rings. The van der Waals surface area contributed by atoms with E-state index in [1.54, 1.807) is 18.2 Å². The van der Waals surface area contributed by atoms with Crippen molar-refractivity contribution >= 4 is 11.3 Å². The molecule has 0 atom stereocenters. The molecule has 0 saturated heterocycles. The third-order valence-electron chi connectivity index (χ3n) is 1.63. The standard InChI is InChI=1S/C10H8FNOS/c1-7-6-14-10(12-7)13-9-5-3-2-4-8(9)11/h2-6H,1H3. The van der Waals surface area contributed by atoms with Gasteiger partial charge in [-0.2, -0.15) is 0 Å². The largest absolute Gasteiger partial charge is 0.428 e. The van der Waals surface area contributed by atoms with E-state index >= 15 is 0 Å². The summed E-state index contributed by atoms with van der Waals surface area (Å²) in [5, 5.41) is 2.32. The number of aryl methyl sites for hydroxylation is 1. The first kappa shape index (κ1) is 9.15. The fourth-order valence-corrected chi connectivity index (χ4v) is 1.66. The maximum absolute atomic E-state index is 13.1. The van der Waals surface area contributed by atoms with Crippen molar-refractivity contribution in [2.75, 3.05) is 0 Å². The molecule has 0 fully saturated rings. The lowest BCUT2D eigenvalue weighted by Crippen LogP contribution is -1.86. The quantitative estimate of drug-likeness (QED) is 0.756. The first-order valence-electron chi connectivity index (χ1n) is 4.10. The number of aromatic nitrogens is 1. The molecule has 72 valence electrons. The van der Waals surface area contributed by atoms with Gasteiger partial charge in [-0.25, -0.2) is 9.37 Å². The molecule has 4 heteroatoms. The molecule has 0 unspecified atom stereocenters. The summed E-state index contributed by atoms with van der Waals surface area (Å²) in [5.41, 5.74) is 0.876. The van der Waals surface area contributed by atoms with Crippen molar-refractivity contribution in [3.8, 4) is 10.9 Å². The Labute approximate surface area is 85.0 Å². The van der Waals surface area contributed by atoms with Crippen molar-refractivity contribution in [2.45, 2.75) is 6.92 Å². The Hall–Kier alpha value is -1.42. The van der Waals surface area contributed by atoms with Gasteiger partial charge in [-0.3, -0.25) is 0 Å². The molecule has 1 aromatic carbocycles. The summed E-state index contributed by atoms with van der Waals surface area (Å²) in [6.45, 7) is 1.87. The lowest BCUT2D eigenvalue weighted by atomic mass is 10.3. The number of hydrogen-bond acceptors (Lipinski definition) is 3. The highest BCUT2D eigenvalue weighted by Crippen LogP contribution is 2.26. The van der Waals surface area contributed by atoms with E-state index in [0.29, 0.717) is 5.19 Å². The summed E-state index contributed by atoms with van der Waals surface area (Å²) >= 11 is 1.35. The van der Waals surface area contributed by atoms with Gasteiger partial charge in [0.1, 0.15) is 0 Å². The Morgan fingerprint density at radius 2 is 2.14 bits per heavy atom. The second-order valence-corrected chi connectivity index (χ2v) is 3.61. The van der Waals surface area contributed by atoms with Gasteiger partial charge in [-0.1, -0.05) is 23.5 Å². The van der Waals surface area contributed by atoms with Crippen LogP contribution in [0.2, 0.25) is 0 Å². The van der Waals surface area contributed by atoms with Gasteiger partial charge in [-0.05, 0) is 19.1 Å². The Morgan fingerprint density at radius 3 is 2.79 bits per heavy atom. The van der Waals surface area contributed by atoms with Gasteiger partial charge in [0.2, 0.25) is 0 Å².